The van der Waals surface area contributed by atoms with Crippen LogP contribution in [0, 0.1) is 0 Å². The molecule has 0 bridgehead atoms. The summed E-state index contributed by atoms with van der Waals surface area (Å²) < 4.78 is 63.2. The lowest BCUT2D eigenvalue weighted by atomic mass is 10.3. The van der Waals surface area contributed by atoms with E-state index in [1.54, 1.807) is 6.92 Å². The van der Waals surface area contributed by atoms with Gasteiger partial charge < -0.3 is 15.3 Å². The average molecular weight is 314 g/mol. The number of rotatable bonds is 7. The van der Waals surface area contributed by atoms with Gasteiger partial charge in [-0.3, -0.25) is 0 Å². The van der Waals surface area contributed by atoms with Crippen molar-refractivity contribution in [1.29, 1.82) is 0 Å². The molecular weight excluding hydrogens is 299 g/mol. The Balaban J connectivity index is 3.20. The fraction of sp³-hybridized carbons (Fsp3) is 0.636. The number of halogens is 5. The normalized spacial score (nSPS) is 11.8. The fourth-order valence-corrected chi connectivity index (χ4v) is 1.57. The first-order valence-corrected chi connectivity index (χ1v) is 6.12. The third-order valence-electron chi connectivity index (χ3n) is 2.39. The predicted molar refractivity (Wildman–Crippen MR) is 66.5 cm³/mol. The van der Waals surface area contributed by atoms with E-state index in [1.807, 2.05) is 0 Å². The van der Waals surface area contributed by atoms with E-state index in [0.717, 1.165) is 4.90 Å². The van der Waals surface area contributed by atoms with Crippen LogP contribution < -0.4 is 10.2 Å². The number of aliphatic hydroxyl groups is 1. The summed E-state index contributed by atoms with van der Waals surface area (Å²) in [6, 6.07) is 0.582. The Kier molecular flexibility index (Phi) is 6.06. The van der Waals surface area contributed by atoms with Crippen molar-refractivity contribution in [1.82, 2.24) is 9.97 Å². The zero-order chi connectivity index (χ0) is 16.0. The summed E-state index contributed by atoms with van der Waals surface area (Å²) in [5, 5.41) is 11.4. The molecule has 0 unspecified atom stereocenters. The van der Waals surface area contributed by atoms with Gasteiger partial charge in [0, 0.05) is 19.2 Å². The van der Waals surface area contributed by atoms with E-state index in [-0.39, 0.29) is 24.9 Å². The molecule has 0 atom stereocenters. The third-order valence-corrected chi connectivity index (χ3v) is 2.39. The van der Waals surface area contributed by atoms with E-state index in [2.05, 4.69) is 15.3 Å². The fourth-order valence-electron chi connectivity index (χ4n) is 1.57. The molecule has 0 aliphatic heterocycles. The molecule has 1 rings (SSSR count). The molecule has 10 heteroatoms. The second kappa shape index (κ2) is 7.34. The predicted octanol–water partition coefficient (Wildman–Crippen LogP) is 1.99. The summed E-state index contributed by atoms with van der Waals surface area (Å²) in [5.74, 6) is -0.623. The highest BCUT2D eigenvalue weighted by Crippen LogP contribution is 2.30. The van der Waals surface area contributed by atoms with Crippen molar-refractivity contribution < 1.29 is 27.1 Å². The summed E-state index contributed by atoms with van der Waals surface area (Å²) in [6.07, 6.45) is -7.50. The van der Waals surface area contributed by atoms with Gasteiger partial charge in [-0.05, 0) is 6.92 Å². The minimum Gasteiger partial charge on any atom is -0.395 e. The molecule has 1 aromatic heterocycles. The third kappa shape index (κ3) is 5.29. The second-order valence-corrected chi connectivity index (χ2v) is 4.02. The topological polar surface area (TPSA) is 61.3 Å². The smallest absolute Gasteiger partial charge is 0.395 e. The maximum atomic E-state index is 12.8. The van der Waals surface area contributed by atoms with Gasteiger partial charge >= 0.3 is 6.18 Å². The Labute approximate surface area is 117 Å². The molecule has 120 valence electrons. The summed E-state index contributed by atoms with van der Waals surface area (Å²) >= 11 is 0. The molecule has 1 heterocycles. The van der Waals surface area contributed by atoms with E-state index in [0.29, 0.717) is 6.07 Å². The van der Waals surface area contributed by atoms with E-state index >= 15 is 0 Å². The lowest BCUT2D eigenvalue weighted by Crippen LogP contribution is -2.33. The molecule has 0 spiro atoms. The van der Waals surface area contributed by atoms with Crippen molar-refractivity contribution in [2.45, 2.75) is 19.5 Å². The van der Waals surface area contributed by atoms with Crippen LogP contribution in [0.3, 0.4) is 0 Å². The number of aromatic nitrogens is 2. The van der Waals surface area contributed by atoms with Crippen molar-refractivity contribution in [2.75, 3.05) is 36.5 Å². The summed E-state index contributed by atoms with van der Waals surface area (Å²) in [7, 11) is 0. The SMILES string of the molecule is CCNc1nc(N(CCO)CC(F)F)cc(C(F)(F)F)n1. The van der Waals surface area contributed by atoms with Crippen molar-refractivity contribution in [3.63, 3.8) is 0 Å². The molecule has 21 heavy (non-hydrogen) atoms. The van der Waals surface area contributed by atoms with Gasteiger partial charge in [-0.25, -0.2) is 13.8 Å². The van der Waals surface area contributed by atoms with Crippen molar-refractivity contribution >= 4 is 11.8 Å². The highest BCUT2D eigenvalue weighted by atomic mass is 19.4. The Hall–Kier alpha value is -1.71. The number of hydrogen-bond acceptors (Lipinski definition) is 5. The average Bonchev–Trinajstić information content (AvgIpc) is 2.37. The number of alkyl halides is 5. The van der Waals surface area contributed by atoms with Crippen LogP contribution in [0.4, 0.5) is 33.7 Å². The molecule has 0 aromatic carbocycles. The Morgan fingerprint density at radius 2 is 2.00 bits per heavy atom. The Morgan fingerprint density at radius 1 is 1.33 bits per heavy atom. The molecular formula is C11H15F5N4O. The monoisotopic (exact) mass is 314 g/mol. The molecule has 0 saturated heterocycles. The molecule has 0 saturated carbocycles. The summed E-state index contributed by atoms with van der Waals surface area (Å²) in [5.41, 5.74) is -1.24. The van der Waals surface area contributed by atoms with Crippen LogP contribution in [0.25, 0.3) is 0 Å². The van der Waals surface area contributed by atoms with Crippen LogP contribution >= 0.6 is 0 Å². The molecule has 2 N–H and O–H groups in total. The molecule has 0 aliphatic rings. The van der Waals surface area contributed by atoms with Gasteiger partial charge in [-0.15, -0.1) is 0 Å². The quantitative estimate of drug-likeness (QED) is 0.754. The van der Waals surface area contributed by atoms with Gasteiger partial charge in [0.15, 0.2) is 5.69 Å². The lowest BCUT2D eigenvalue weighted by molar-refractivity contribution is -0.141. The van der Waals surface area contributed by atoms with Crippen LogP contribution in [-0.2, 0) is 6.18 Å². The highest BCUT2D eigenvalue weighted by Gasteiger charge is 2.34. The number of hydrogen-bond donors (Lipinski definition) is 2. The first-order chi connectivity index (χ1) is 9.77. The first kappa shape index (κ1) is 17.3. The van der Waals surface area contributed by atoms with Crippen LogP contribution in [0.2, 0.25) is 0 Å². The van der Waals surface area contributed by atoms with Crippen LogP contribution in [0.5, 0.6) is 0 Å². The van der Waals surface area contributed by atoms with E-state index in [1.165, 1.54) is 0 Å². The first-order valence-electron chi connectivity index (χ1n) is 6.12. The van der Waals surface area contributed by atoms with Crippen molar-refractivity contribution in [3.8, 4) is 0 Å². The largest absolute Gasteiger partial charge is 0.433 e. The zero-order valence-electron chi connectivity index (χ0n) is 11.2. The van der Waals surface area contributed by atoms with Gasteiger partial charge in [-0.2, -0.15) is 18.2 Å². The molecule has 0 fully saturated rings. The van der Waals surface area contributed by atoms with Gasteiger partial charge in [-0.1, -0.05) is 0 Å². The molecule has 0 amide bonds. The van der Waals surface area contributed by atoms with Crippen molar-refractivity contribution in [3.05, 3.63) is 11.8 Å². The Morgan fingerprint density at radius 3 is 2.48 bits per heavy atom. The zero-order valence-corrected chi connectivity index (χ0v) is 11.2. The standard InChI is InChI=1S/C11H15F5N4O/c1-2-17-10-18-7(11(14,15)16)5-9(19-10)20(3-4-21)6-8(12)13/h5,8,21H,2-4,6H2,1H3,(H,17,18,19). The van der Waals surface area contributed by atoms with Crippen LogP contribution in [0.15, 0.2) is 6.07 Å². The van der Waals surface area contributed by atoms with Crippen molar-refractivity contribution in [2.24, 2.45) is 0 Å². The lowest BCUT2D eigenvalue weighted by Gasteiger charge is -2.23. The number of anilines is 2. The van der Waals surface area contributed by atoms with Crippen LogP contribution in [0.1, 0.15) is 12.6 Å². The summed E-state index contributed by atoms with van der Waals surface area (Å²) in [6.45, 7) is 0.322. The molecule has 1 aromatic rings. The van der Waals surface area contributed by atoms with E-state index in [9.17, 15) is 22.0 Å². The highest BCUT2D eigenvalue weighted by molar-refractivity contribution is 5.45. The summed E-state index contributed by atoms with van der Waals surface area (Å²) in [4.78, 5) is 7.94. The van der Waals surface area contributed by atoms with E-state index < -0.39 is 31.4 Å². The molecule has 0 radical (unpaired) electrons. The molecule has 5 nitrogen and oxygen atoms in total. The van der Waals surface area contributed by atoms with Gasteiger partial charge in [0.2, 0.25) is 5.95 Å². The van der Waals surface area contributed by atoms with Gasteiger partial charge in [0.1, 0.15) is 5.82 Å². The minimum absolute atomic E-state index is 0.260. The maximum absolute atomic E-state index is 12.8. The maximum Gasteiger partial charge on any atom is 0.433 e. The number of aliphatic hydroxyl groups excluding tert-OH is 1. The van der Waals surface area contributed by atoms with Crippen LogP contribution in [-0.4, -0.2) is 47.7 Å². The van der Waals surface area contributed by atoms with E-state index in [4.69, 9.17) is 5.11 Å². The number of nitrogens with one attached hydrogen (secondary N) is 1. The second-order valence-electron chi connectivity index (χ2n) is 4.02. The number of nitrogens with zero attached hydrogens (tertiary/aromatic N) is 3. The van der Waals surface area contributed by atoms with Gasteiger partial charge in [0.05, 0.1) is 13.2 Å². The van der Waals surface area contributed by atoms with Gasteiger partial charge in [0.25, 0.3) is 6.43 Å². The minimum atomic E-state index is -4.72. The Bertz CT molecular complexity index is 455. The molecule has 0 aliphatic carbocycles.